The van der Waals surface area contributed by atoms with E-state index in [-0.39, 0.29) is 0 Å². The van der Waals surface area contributed by atoms with E-state index in [1.54, 1.807) is 11.3 Å². The van der Waals surface area contributed by atoms with Crippen molar-refractivity contribution in [3.05, 3.63) is 46.7 Å². The summed E-state index contributed by atoms with van der Waals surface area (Å²) in [4.78, 5) is 0. The molecule has 1 aromatic carbocycles. The third-order valence-corrected chi connectivity index (χ3v) is 3.64. The largest absolute Gasteiger partial charge is 0.136 e. The van der Waals surface area contributed by atoms with Crippen LogP contribution in [-0.2, 0) is 0 Å². The zero-order valence-electron chi connectivity index (χ0n) is 8.92. The maximum absolute atomic E-state index is 4.12. The van der Waals surface area contributed by atoms with E-state index in [4.69, 9.17) is 0 Å². The van der Waals surface area contributed by atoms with Crippen molar-refractivity contribution in [1.82, 2.24) is 0 Å². The fraction of sp³-hybridized carbons (Fsp3) is 0.143. The van der Waals surface area contributed by atoms with Gasteiger partial charge in [0.2, 0.25) is 0 Å². The molecule has 0 fully saturated rings. The Morgan fingerprint density at radius 3 is 2.80 bits per heavy atom. The summed E-state index contributed by atoms with van der Waals surface area (Å²) in [5, 5.41) is 2.59. The molecule has 2 rings (SSSR count). The van der Waals surface area contributed by atoms with Crippen molar-refractivity contribution in [3.8, 4) is 0 Å². The summed E-state index contributed by atoms with van der Waals surface area (Å²) in [5.74, 6) is 0. The quantitative estimate of drug-likeness (QED) is 0.721. The zero-order chi connectivity index (χ0) is 10.8. The van der Waals surface area contributed by atoms with Gasteiger partial charge in [-0.3, -0.25) is 0 Å². The summed E-state index contributed by atoms with van der Waals surface area (Å²) < 4.78 is 2.46. The minimum atomic E-state index is 1.01. The Morgan fingerprint density at radius 1 is 1.40 bits per heavy atom. The minimum Gasteiger partial charge on any atom is -0.136 e. The average Bonchev–Trinajstić information content (AvgIpc) is 2.58. The van der Waals surface area contributed by atoms with Crippen LogP contribution in [0.5, 0.6) is 0 Å². The van der Waals surface area contributed by atoms with Gasteiger partial charge in [0.05, 0.1) is 0 Å². The number of benzene rings is 1. The molecule has 1 heteroatoms. The number of hydrogen-bond acceptors (Lipinski definition) is 1. The second kappa shape index (κ2) is 4.03. The van der Waals surface area contributed by atoms with E-state index in [1.165, 1.54) is 20.9 Å². The summed E-state index contributed by atoms with van der Waals surface area (Å²) >= 11 is 1.76. The highest BCUT2D eigenvalue weighted by atomic mass is 32.1. The number of fused-ring (bicyclic) bond motifs is 1. The van der Waals surface area contributed by atoms with Gasteiger partial charge in [-0.25, -0.2) is 0 Å². The maximum Gasteiger partial charge on any atom is 0.0355 e. The van der Waals surface area contributed by atoms with E-state index in [2.05, 4.69) is 44.3 Å². The molecule has 0 saturated heterocycles. The molecule has 0 N–H and O–H groups in total. The van der Waals surface area contributed by atoms with Gasteiger partial charge in [0.25, 0.3) is 0 Å². The van der Waals surface area contributed by atoms with Gasteiger partial charge in [0.1, 0.15) is 0 Å². The van der Waals surface area contributed by atoms with Crippen LogP contribution in [0.2, 0.25) is 0 Å². The minimum absolute atomic E-state index is 1.01. The van der Waals surface area contributed by atoms with Gasteiger partial charge in [0, 0.05) is 19.8 Å². The molecule has 0 spiro atoms. The first-order valence-corrected chi connectivity index (χ1v) is 5.91. The average molecular weight is 214 g/mol. The number of allylic oxidation sites excluding steroid dienone is 1. The molecular formula is C14H14S. The lowest BCUT2D eigenvalue weighted by Gasteiger charge is -1.95. The first-order valence-electron chi connectivity index (χ1n) is 5.10. The molecule has 76 valence electrons. The Hall–Kier alpha value is -1.34. The van der Waals surface area contributed by atoms with Gasteiger partial charge in [-0.15, -0.1) is 11.3 Å². The fourth-order valence-electron chi connectivity index (χ4n) is 1.87. The molecule has 1 aromatic heterocycles. The fourth-order valence-corrected chi connectivity index (χ4v) is 2.91. The predicted molar refractivity (Wildman–Crippen MR) is 70.5 cm³/mol. The van der Waals surface area contributed by atoms with Crippen LogP contribution in [0.4, 0.5) is 0 Å². The van der Waals surface area contributed by atoms with Gasteiger partial charge in [-0.1, -0.05) is 44.4 Å². The van der Waals surface area contributed by atoms with Crippen molar-refractivity contribution in [2.24, 2.45) is 0 Å². The molecule has 0 amide bonds. The van der Waals surface area contributed by atoms with Crippen LogP contribution >= 0.6 is 11.3 Å². The van der Waals surface area contributed by atoms with Crippen LogP contribution in [-0.4, -0.2) is 0 Å². The van der Waals surface area contributed by atoms with Gasteiger partial charge >= 0.3 is 0 Å². The van der Waals surface area contributed by atoms with E-state index < -0.39 is 0 Å². The molecule has 2 aromatic rings. The molecule has 0 nitrogen and oxygen atoms in total. The Morgan fingerprint density at radius 2 is 2.13 bits per heavy atom. The normalized spacial score (nSPS) is 12.9. The summed E-state index contributed by atoms with van der Waals surface area (Å²) in [6.45, 7) is 10.2. The molecule has 0 aliphatic heterocycles. The smallest absolute Gasteiger partial charge is 0.0355 e. The highest BCUT2D eigenvalue weighted by Gasteiger charge is 2.01. The number of thiophene rings is 1. The summed E-state index contributed by atoms with van der Waals surface area (Å²) in [6, 6.07) is 8.46. The molecule has 0 saturated carbocycles. The highest BCUT2D eigenvalue weighted by Crippen LogP contribution is 2.13. The van der Waals surface area contributed by atoms with Gasteiger partial charge in [-0.05, 0) is 18.1 Å². The topological polar surface area (TPSA) is 0 Å². The SMILES string of the molecule is C=C/C(CC)=c1\c(=C)sc2ccccc12. The lowest BCUT2D eigenvalue weighted by atomic mass is 10.1. The molecule has 0 unspecified atom stereocenters. The van der Waals surface area contributed by atoms with Crippen molar-refractivity contribution < 1.29 is 0 Å². The molecule has 0 radical (unpaired) electrons. The molecule has 0 aliphatic carbocycles. The second-order valence-electron chi connectivity index (χ2n) is 3.48. The summed E-state index contributed by atoms with van der Waals surface area (Å²) in [7, 11) is 0. The molecule has 1 heterocycles. The standard InChI is InChI=1S/C14H14S/c1-4-11(5-2)14-10(3)15-13-9-7-6-8-12(13)14/h4,6-9H,1,3,5H2,2H3/b14-11-. The number of rotatable bonds is 2. The van der Waals surface area contributed by atoms with E-state index in [1.807, 2.05) is 6.08 Å². The number of hydrogen-bond donors (Lipinski definition) is 0. The second-order valence-corrected chi connectivity index (χ2v) is 4.62. The van der Waals surface area contributed by atoms with E-state index in [9.17, 15) is 0 Å². The lowest BCUT2D eigenvalue weighted by Crippen LogP contribution is -2.19. The highest BCUT2D eigenvalue weighted by molar-refractivity contribution is 7.17. The Balaban J connectivity index is 3.04. The first-order chi connectivity index (χ1) is 7.27. The third kappa shape index (κ3) is 1.64. The van der Waals surface area contributed by atoms with Crippen LogP contribution in [0, 0.1) is 0 Å². The van der Waals surface area contributed by atoms with E-state index in [0.717, 1.165) is 11.0 Å². The van der Waals surface area contributed by atoms with Crippen molar-refractivity contribution >= 4 is 33.6 Å². The van der Waals surface area contributed by atoms with Gasteiger partial charge < -0.3 is 0 Å². The van der Waals surface area contributed by atoms with Crippen LogP contribution in [0.3, 0.4) is 0 Å². The van der Waals surface area contributed by atoms with Gasteiger partial charge in [0.15, 0.2) is 0 Å². The summed E-state index contributed by atoms with van der Waals surface area (Å²) in [6.07, 6.45) is 2.95. The van der Waals surface area contributed by atoms with Crippen molar-refractivity contribution in [1.29, 1.82) is 0 Å². The molecule has 0 atom stereocenters. The van der Waals surface area contributed by atoms with Crippen LogP contribution in [0.25, 0.3) is 22.2 Å². The monoisotopic (exact) mass is 214 g/mol. The van der Waals surface area contributed by atoms with Crippen molar-refractivity contribution in [2.45, 2.75) is 13.3 Å². The molecule has 0 aliphatic rings. The van der Waals surface area contributed by atoms with Crippen LogP contribution < -0.4 is 9.75 Å². The molecule has 15 heavy (non-hydrogen) atoms. The lowest BCUT2D eigenvalue weighted by molar-refractivity contribution is 1.25. The summed E-state index contributed by atoms with van der Waals surface area (Å²) in [5.41, 5.74) is 1.29. The zero-order valence-corrected chi connectivity index (χ0v) is 9.73. The predicted octanol–water partition coefficient (Wildman–Crippen LogP) is 3.06. The maximum atomic E-state index is 4.12. The molecule has 0 bridgehead atoms. The third-order valence-electron chi connectivity index (χ3n) is 2.62. The van der Waals surface area contributed by atoms with E-state index in [0.29, 0.717) is 0 Å². The van der Waals surface area contributed by atoms with Crippen molar-refractivity contribution in [3.63, 3.8) is 0 Å². The Kier molecular flexibility index (Phi) is 2.74. The first kappa shape index (κ1) is 10.2. The Bertz CT molecular complexity index is 602. The van der Waals surface area contributed by atoms with Crippen molar-refractivity contribution in [2.75, 3.05) is 0 Å². The van der Waals surface area contributed by atoms with Gasteiger partial charge in [-0.2, -0.15) is 0 Å². The van der Waals surface area contributed by atoms with E-state index >= 15 is 0 Å². The van der Waals surface area contributed by atoms with Crippen LogP contribution in [0.1, 0.15) is 13.3 Å². The molecular weight excluding hydrogens is 200 g/mol. The van der Waals surface area contributed by atoms with Crippen LogP contribution in [0.15, 0.2) is 36.9 Å². The Labute approximate surface area is 93.9 Å².